The van der Waals surface area contributed by atoms with E-state index in [0.717, 1.165) is 30.7 Å². The van der Waals surface area contributed by atoms with Crippen molar-refractivity contribution in [2.75, 3.05) is 12.4 Å². The Balaban J connectivity index is 2.22. The number of nitrogens with one attached hydrogen (secondary N) is 1. The molecule has 2 rings (SSSR count). The number of hydrogen-bond acceptors (Lipinski definition) is 3. The lowest BCUT2D eigenvalue weighted by molar-refractivity contribution is -0.142. The Morgan fingerprint density at radius 3 is 2.90 bits per heavy atom. The van der Waals surface area contributed by atoms with Gasteiger partial charge in [-0.25, -0.2) is 4.79 Å². The highest BCUT2D eigenvalue weighted by Gasteiger charge is 2.39. The first-order chi connectivity index (χ1) is 9.55. The highest BCUT2D eigenvalue weighted by atomic mass is 16.5. The smallest absolute Gasteiger partial charge is 0.329 e. The number of carboxylic acids is 1. The lowest BCUT2D eigenvalue weighted by atomic mass is 9.89. The van der Waals surface area contributed by atoms with Gasteiger partial charge in [-0.05, 0) is 37.3 Å². The second kappa shape index (κ2) is 6.16. The number of rotatable bonds is 4. The minimum absolute atomic E-state index is 0.600. The average Bonchev–Trinajstić information content (AvgIpc) is 2.62. The molecule has 2 N–H and O–H groups in total. The third-order valence-electron chi connectivity index (χ3n) is 4.23. The Hall–Kier alpha value is -1.71. The van der Waals surface area contributed by atoms with Crippen LogP contribution >= 0.6 is 0 Å². The largest absolute Gasteiger partial charge is 0.497 e. The van der Waals surface area contributed by atoms with Crippen LogP contribution in [0, 0.1) is 5.92 Å². The standard InChI is InChI=1S/C16H23NO3/c1-12-5-4-9-16(10-8-12,15(18)19)17-13-6-3-7-14(11-13)20-2/h3,6-7,11-12,17H,4-5,8-10H2,1-2H3,(H,18,19). The summed E-state index contributed by atoms with van der Waals surface area (Å²) in [4.78, 5) is 11.8. The summed E-state index contributed by atoms with van der Waals surface area (Å²) >= 11 is 0. The fourth-order valence-electron chi connectivity index (χ4n) is 2.88. The second-order valence-corrected chi connectivity index (χ2v) is 5.78. The van der Waals surface area contributed by atoms with Crippen LogP contribution < -0.4 is 10.1 Å². The topological polar surface area (TPSA) is 58.6 Å². The number of anilines is 1. The predicted molar refractivity (Wildman–Crippen MR) is 79.2 cm³/mol. The van der Waals surface area contributed by atoms with Crippen LogP contribution in [0.4, 0.5) is 5.69 Å². The molecule has 0 saturated heterocycles. The molecule has 0 amide bonds. The van der Waals surface area contributed by atoms with E-state index in [4.69, 9.17) is 4.74 Å². The van der Waals surface area contributed by atoms with Crippen LogP contribution in [0.3, 0.4) is 0 Å². The molecule has 1 fully saturated rings. The van der Waals surface area contributed by atoms with Crippen LogP contribution in [0.2, 0.25) is 0 Å². The first-order valence-electron chi connectivity index (χ1n) is 7.21. The highest BCUT2D eigenvalue weighted by Crippen LogP contribution is 2.34. The van der Waals surface area contributed by atoms with E-state index < -0.39 is 11.5 Å². The first-order valence-corrected chi connectivity index (χ1v) is 7.21. The zero-order chi connectivity index (χ0) is 14.6. The molecule has 110 valence electrons. The number of ether oxygens (including phenoxy) is 1. The molecule has 0 bridgehead atoms. The molecule has 4 heteroatoms. The Labute approximate surface area is 120 Å². The summed E-state index contributed by atoms with van der Waals surface area (Å²) in [6.45, 7) is 2.20. The van der Waals surface area contributed by atoms with Gasteiger partial charge in [0.05, 0.1) is 7.11 Å². The van der Waals surface area contributed by atoms with Crippen molar-refractivity contribution in [1.82, 2.24) is 0 Å². The molecule has 1 saturated carbocycles. The van der Waals surface area contributed by atoms with Gasteiger partial charge in [0.2, 0.25) is 0 Å². The molecule has 1 aliphatic rings. The van der Waals surface area contributed by atoms with E-state index in [1.165, 1.54) is 0 Å². The van der Waals surface area contributed by atoms with Crippen LogP contribution in [0.25, 0.3) is 0 Å². The Bertz CT molecular complexity index is 475. The van der Waals surface area contributed by atoms with E-state index in [9.17, 15) is 9.90 Å². The highest BCUT2D eigenvalue weighted by molar-refractivity contribution is 5.83. The van der Waals surface area contributed by atoms with Crippen molar-refractivity contribution in [3.63, 3.8) is 0 Å². The van der Waals surface area contributed by atoms with Crippen molar-refractivity contribution in [3.8, 4) is 5.75 Å². The summed E-state index contributed by atoms with van der Waals surface area (Å²) in [6, 6.07) is 7.46. The van der Waals surface area contributed by atoms with Crippen LogP contribution in [-0.4, -0.2) is 23.7 Å². The normalized spacial score (nSPS) is 26.6. The quantitative estimate of drug-likeness (QED) is 0.827. The summed E-state index contributed by atoms with van der Waals surface area (Å²) < 4.78 is 5.19. The zero-order valence-corrected chi connectivity index (χ0v) is 12.2. The fourth-order valence-corrected chi connectivity index (χ4v) is 2.88. The maximum Gasteiger partial charge on any atom is 0.329 e. The first kappa shape index (κ1) is 14.7. The SMILES string of the molecule is COc1cccc(NC2(C(=O)O)CCCC(C)CC2)c1. The van der Waals surface area contributed by atoms with Crippen LogP contribution in [0.15, 0.2) is 24.3 Å². The predicted octanol–water partition coefficient (Wildman–Crippen LogP) is 3.53. The van der Waals surface area contributed by atoms with Gasteiger partial charge in [0.1, 0.15) is 11.3 Å². The third kappa shape index (κ3) is 3.24. The van der Waals surface area contributed by atoms with Gasteiger partial charge in [-0.1, -0.05) is 25.8 Å². The average molecular weight is 277 g/mol. The molecule has 0 heterocycles. The summed E-state index contributed by atoms with van der Waals surface area (Å²) in [5.74, 6) is 0.579. The van der Waals surface area contributed by atoms with Gasteiger partial charge in [-0.15, -0.1) is 0 Å². The lowest BCUT2D eigenvalue weighted by Crippen LogP contribution is -2.46. The number of carbonyl (C=O) groups is 1. The minimum atomic E-state index is -0.850. The molecule has 0 aliphatic heterocycles. The van der Waals surface area contributed by atoms with Crippen LogP contribution in [-0.2, 0) is 4.79 Å². The van der Waals surface area contributed by atoms with Crippen molar-refractivity contribution >= 4 is 11.7 Å². The summed E-state index contributed by atoms with van der Waals surface area (Å²) in [7, 11) is 1.61. The van der Waals surface area contributed by atoms with E-state index in [1.54, 1.807) is 7.11 Å². The molecule has 20 heavy (non-hydrogen) atoms. The van der Waals surface area contributed by atoms with Gasteiger partial charge >= 0.3 is 5.97 Å². The van der Waals surface area contributed by atoms with E-state index >= 15 is 0 Å². The Morgan fingerprint density at radius 1 is 1.40 bits per heavy atom. The zero-order valence-electron chi connectivity index (χ0n) is 12.2. The van der Waals surface area contributed by atoms with Gasteiger partial charge in [0.15, 0.2) is 0 Å². The van der Waals surface area contributed by atoms with Crippen molar-refractivity contribution in [1.29, 1.82) is 0 Å². The van der Waals surface area contributed by atoms with Crippen molar-refractivity contribution in [2.24, 2.45) is 5.92 Å². The molecule has 1 aromatic rings. The lowest BCUT2D eigenvalue weighted by Gasteiger charge is -2.30. The Morgan fingerprint density at radius 2 is 2.20 bits per heavy atom. The third-order valence-corrected chi connectivity index (χ3v) is 4.23. The number of benzene rings is 1. The van der Waals surface area contributed by atoms with Gasteiger partial charge in [0, 0.05) is 11.8 Å². The molecule has 0 radical (unpaired) electrons. The second-order valence-electron chi connectivity index (χ2n) is 5.78. The van der Waals surface area contributed by atoms with Crippen molar-refractivity contribution < 1.29 is 14.6 Å². The molecular weight excluding hydrogens is 254 g/mol. The van der Waals surface area contributed by atoms with Gasteiger partial charge in [-0.2, -0.15) is 0 Å². The van der Waals surface area contributed by atoms with Crippen LogP contribution in [0.5, 0.6) is 5.75 Å². The summed E-state index contributed by atoms with van der Waals surface area (Å²) in [6.07, 6.45) is 4.34. The maximum absolute atomic E-state index is 11.8. The maximum atomic E-state index is 11.8. The summed E-state index contributed by atoms with van der Waals surface area (Å²) in [5, 5.41) is 12.9. The molecule has 0 spiro atoms. The molecule has 1 aromatic carbocycles. The van der Waals surface area contributed by atoms with E-state index in [-0.39, 0.29) is 0 Å². The van der Waals surface area contributed by atoms with Gasteiger partial charge in [-0.3, -0.25) is 0 Å². The number of hydrogen-bond donors (Lipinski definition) is 2. The van der Waals surface area contributed by atoms with Crippen molar-refractivity contribution in [2.45, 2.75) is 44.6 Å². The molecule has 0 aromatic heterocycles. The number of methoxy groups -OCH3 is 1. The minimum Gasteiger partial charge on any atom is -0.497 e. The molecular formula is C16H23NO3. The van der Waals surface area contributed by atoms with E-state index in [2.05, 4.69) is 12.2 Å². The number of carboxylic acid groups (broad SMARTS) is 1. The molecule has 1 aliphatic carbocycles. The monoisotopic (exact) mass is 277 g/mol. The van der Waals surface area contributed by atoms with Crippen LogP contribution in [0.1, 0.15) is 39.0 Å². The van der Waals surface area contributed by atoms with E-state index in [0.29, 0.717) is 18.8 Å². The summed E-state index contributed by atoms with van der Waals surface area (Å²) in [5.41, 5.74) is -0.0433. The molecule has 2 unspecified atom stereocenters. The van der Waals surface area contributed by atoms with Crippen molar-refractivity contribution in [3.05, 3.63) is 24.3 Å². The number of aliphatic carboxylic acids is 1. The Kier molecular flexibility index (Phi) is 4.53. The van der Waals surface area contributed by atoms with Gasteiger partial charge < -0.3 is 15.2 Å². The molecule has 4 nitrogen and oxygen atoms in total. The van der Waals surface area contributed by atoms with E-state index in [1.807, 2.05) is 24.3 Å². The molecule has 2 atom stereocenters. The fraction of sp³-hybridized carbons (Fsp3) is 0.562. The van der Waals surface area contributed by atoms with Gasteiger partial charge in [0.25, 0.3) is 0 Å².